The maximum Gasteiger partial charge on any atom is 0.506 e. The van der Waals surface area contributed by atoms with E-state index in [1.165, 1.54) is 36.0 Å². The van der Waals surface area contributed by atoms with Crippen LogP contribution in [0.1, 0.15) is 34.3 Å². The minimum absolute atomic E-state index is 0.212. The van der Waals surface area contributed by atoms with Crippen LogP contribution in [0.15, 0.2) is 35.2 Å². The van der Waals surface area contributed by atoms with Gasteiger partial charge in [-0.15, -0.1) is 11.8 Å². The minimum atomic E-state index is -1.33. The van der Waals surface area contributed by atoms with Gasteiger partial charge in [0, 0.05) is 23.4 Å². The van der Waals surface area contributed by atoms with Gasteiger partial charge in [0.25, 0.3) is 0 Å². The highest BCUT2D eigenvalue weighted by Crippen LogP contribution is 2.37. The third kappa shape index (κ3) is 2.84. The van der Waals surface area contributed by atoms with Gasteiger partial charge in [-0.1, -0.05) is 0 Å². The van der Waals surface area contributed by atoms with E-state index in [1.54, 1.807) is 10.6 Å². The summed E-state index contributed by atoms with van der Waals surface area (Å²) in [5.74, 6) is -0.612. The van der Waals surface area contributed by atoms with E-state index in [2.05, 4.69) is 0 Å². The number of carbonyl (C=O) groups is 2. The second-order valence-electron chi connectivity index (χ2n) is 5.13. The van der Waals surface area contributed by atoms with Crippen LogP contribution in [0.3, 0.4) is 0 Å². The molecule has 0 bridgehead atoms. The lowest BCUT2D eigenvalue weighted by Crippen LogP contribution is -2.10. The Morgan fingerprint density at radius 1 is 1.35 bits per heavy atom. The van der Waals surface area contributed by atoms with E-state index in [1.807, 2.05) is 6.26 Å². The third-order valence-electron chi connectivity index (χ3n) is 3.82. The Morgan fingerprint density at radius 2 is 2.04 bits per heavy atom. The summed E-state index contributed by atoms with van der Waals surface area (Å²) in [4.78, 5) is 24.3. The average molecular weight is 335 g/mol. The van der Waals surface area contributed by atoms with Crippen LogP contribution < -0.4 is 0 Å². The summed E-state index contributed by atoms with van der Waals surface area (Å²) in [6, 6.07) is 7.18. The number of nitrogens with zero attached hydrogens (tertiary/aromatic N) is 1. The Bertz CT molecular complexity index is 769. The van der Waals surface area contributed by atoms with Gasteiger partial charge >= 0.3 is 6.16 Å². The zero-order chi connectivity index (χ0) is 16.6. The van der Waals surface area contributed by atoms with Gasteiger partial charge in [0.15, 0.2) is 0 Å². The van der Waals surface area contributed by atoms with Crippen LogP contribution in [0.4, 0.5) is 9.18 Å². The molecular weight excluding hydrogens is 321 g/mol. The molecule has 1 aromatic heterocycles. The number of hydrogen-bond acceptors (Lipinski definition) is 4. The van der Waals surface area contributed by atoms with E-state index in [0.717, 1.165) is 4.90 Å². The van der Waals surface area contributed by atoms with Crippen molar-refractivity contribution in [3.05, 3.63) is 53.1 Å². The van der Waals surface area contributed by atoms with Gasteiger partial charge in [0.1, 0.15) is 17.6 Å². The van der Waals surface area contributed by atoms with Gasteiger partial charge < -0.3 is 14.4 Å². The average Bonchev–Trinajstić information content (AvgIpc) is 3.06. The molecule has 120 valence electrons. The minimum Gasteiger partial charge on any atom is -0.450 e. The van der Waals surface area contributed by atoms with Crippen molar-refractivity contribution in [1.82, 2.24) is 4.57 Å². The van der Waals surface area contributed by atoms with Gasteiger partial charge in [0.05, 0.1) is 5.69 Å². The molecule has 1 atom stereocenters. The molecule has 0 fully saturated rings. The number of benzene rings is 1. The molecule has 1 aromatic carbocycles. The lowest BCUT2D eigenvalue weighted by atomic mass is 10.1. The van der Waals surface area contributed by atoms with E-state index in [-0.39, 0.29) is 5.78 Å². The zero-order valence-electron chi connectivity index (χ0n) is 12.3. The Labute approximate surface area is 136 Å². The first-order chi connectivity index (χ1) is 11.0. The highest BCUT2D eigenvalue weighted by Gasteiger charge is 2.32. The van der Waals surface area contributed by atoms with Crippen LogP contribution in [0.2, 0.25) is 0 Å². The summed E-state index contributed by atoms with van der Waals surface area (Å²) in [5, 5.41) is 8.81. The Morgan fingerprint density at radius 3 is 2.65 bits per heavy atom. The van der Waals surface area contributed by atoms with Crippen LogP contribution >= 0.6 is 11.8 Å². The van der Waals surface area contributed by atoms with Crippen LogP contribution in [-0.4, -0.2) is 27.9 Å². The standard InChI is InChI=1S/C16H14FNO4S/c1-23-13-8-11-12(22-16(20)21)6-7-18(11)14(13)15(19)9-2-4-10(17)5-3-9/h2-5,8,12H,6-7H2,1H3,(H,20,21). The van der Waals surface area contributed by atoms with Crippen LogP contribution in [0.5, 0.6) is 0 Å². The highest BCUT2D eigenvalue weighted by atomic mass is 32.2. The Hall–Kier alpha value is -2.28. The van der Waals surface area contributed by atoms with Crippen LogP contribution in [0, 0.1) is 5.82 Å². The second kappa shape index (κ2) is 6.08. The van der Waals surface area contributed by atoms with Crippen molar-refractivity contribution < 1.29 is 23.8 Å². The number of halogens is 1. The first-order valence-electron chi connectivity index (χ1n) is 6.98. The number of aromatic nitrogens is 1. The van der Waals surface area contributed by atoms with Gasteiger partial charge in [-0.2, -0.15) is 0 Å². The number of hydrogen-bond donors (Lipinski definition) is 1. The number of thioether (sulfide) groups is 1. The van der Waals surface area contributed by atoms with Crippen molar-refractivity contribution in [2.24, 2.45) is 0 Å². The SMILES string of the molecule is CSc1cc2n(c1C(=O)c1ccc(F)cc1)CCC2OC(=O)O. The van der Waals surface area contributed by atoms with Crippen LogP contribution in [-0.2, 0) is 11.3 Å². The fourth-order valence-electron chi connectivity index (χ4n) is 2.81. The predicted octanol–water partition coefficient (Wildman–Crippen LogP) is 3.72. The number of ketones is 1. The van der Waals surface area contributed by atoms with Gasteiger partial charge in [-0.3, -0.25) is 4.79 Å². The topological polar surface area (TPSA) is 68.5 Å². The number of fused-ring (bicyclic) bond motifs is 1. The molecule has 0 saturated carbocycles. The monoisotopic (exact) mass is 335 g/mol. The van der Waals surface area contributed by atoms with E-state index in [0.29, 0.717) is 29.9 Å². The molecule has 3 rings (SSSR count). The molecule has 5 nitrogen and oxygen atoms in total. The number of carboxylic acid groups (broad SMARTS) is 1. The molecule has 1 aliphatic rings. The fraction of sp³-hybridized carbons (Fsp3) is 0.250. The Balaban J connectivity index is 2.01. The number of ether oxygens (including phenoxy) is 1. The molecule has 23 heavy (non-hydrogen) atoms. The molecule has 0 aliphatic carbocycles. The molecule has 7 heteroatoms. The van der Waals surface area contributed by atoms with E-state index >= 15 is 0 Å². The van der Waals surface area contributed by atoms with Gasteiger partial charge in [-0.05, 0) is 36.6 Å². The van der Waals surface area contributed by atoms with E-state index in [4.69, 9.17) is 9.84 Å². The maximum atomic E-state index is 13.0. The molecule has 1 unspecified atom stereocenters. The van der Waals surface area contributed by atoms with Crippen molar-refractivity contribution in [1.29, 1.82) is 0 Å². The summed E-state index contributed by atoms with van der Waals surface area (Å²) in [7, 11) is 0. The molecule has 2 aromatic rings. The van der Waals surface area contributed by atoms with Crippen molar-refractivity contribution in [3.63, 3.8) is 0 Å². The molecule has 0 radical (unpaired) electrons. The van der Waals surface area contributed by atoms with E-state index in [9.17, 15) is 14.0 Å². The first kappa shape index (κ1) is 15.6. The second-order valence-corrected chi connectivity index (χ2v) is 5.98. The van der Waals surface area contributed by atoms with Crippen LogP contribution in [0.25, 0.3) is 0 Å². The first-order valence-corrected chi connectivity index (χ1v) is 8.21. The Kier molecular flexibility index (Phi) is 4.12. The molecule has 2 heterocycles. The lowest BCUT2D eigenvalue weighted by Gasteiger charge is -2.08. The van der Waals surface area contributed by atoms with Crippen molar-refractivity contribution in [2.75, 3.05) is 6.26 Å². The summed E-state index contributed by atoms with van der Waals surface area (Å²) in [6.45, 7) is 0.510. The summed E-state index contributed by atoms with van der Waals surface area (Å²) >= 11 is 1.41. The molecule has 0 saturated heterocycles. The zero-order valence-corrected chi connectivity index (χ0v) is 13.1. The number of carbonyl (C=O) groups excluding carboxylic acids is 1. The highest BCUT2D eigenvalue weighted by molar-refractivity contribution is 7.98. The maximum absolute atomic E-state index is 13.0. The number of rotatable bonds is 4. The molecule has 1 aliphatic heterocycles. The fourth-order valence-corrected chi connectivity index (χ4v) is 3.45. The quantitative estimate of drug-likeness (QED) is 0.524. The smallest absolute Gasteiger partial charge is 0.450 e. The van der Waals surface area contributed by atoms with Gasteiger partial charge in [0.2, 0.25) is 5.78 Å². The van der Waals surface area contributed by atoms with Gasteiger partial charge in [-0.25, -0.2) is 9.18 Å². The normalized spacial score (nSPS) is 16.2. The molecule has 0 amide bonds. The molecular formula is C16H14FNO4S. The van der Waals surface area contributed by atoms with Crippen molar-refractivity contribution in [2.45, 2.75) is 24.0 Å². The predicted molar refractivity (Wildman–Crippen MR) is 82.5 cm³/mol. The van der Waals surface area contributed by atoms with E-state index < -0.39 is 18.1 Å². The molecule has 1 N–H and O–H groups in total. The summed E-state index contributed by atoms with van der Waals surface area (Å²) in [5.41, 5.74) is 1.57. The van der Waals surface area contributed by atoms with Crippen molar-refractivity contribution in [3.8, 4) is 0 Å². The summed E-state index contributed by atoms with van der Waals surface area (Å²) in [6.07, 6.45) is 0.453. The van der Waals surface area contributed by atoms with Crippen molar-refractivity contribution >= 4 is 23.7 Å². The summed E-state index contributed by atoms with van der Waals surface area (Å²) < 4.78 is 19.7. The third-order valence-corrected chi connectivity index (χ3v) is 4.57. The largest absolute Gasteiger partial charge is 0.506 e. The molecule has 0 spiro atoms. The lowest BCUT2D eigenvalue weighted by molar-refractivity contribution is 0.0518.